The van der Waals surface area contributed by atoms with Crippen molar-refractivity contribution in [2.45, 2.75) is 11.8 Å². The van der Waals surface area contributed by atoms with Gasteiger partial charge in [-0.2, -0.15) is 0 Å². The van der Waals surface area contributed by atoms with Crippen molar-refractivity contribution in [3.05, 3.63) is 40.4 Å². The van der Waals surface area contributed by atoms with E-state index in [2.05, 4.69) is 0 Å². The van der Waals surface area contributed by atoms with Crippen molar-refractivity contribution in [3.63, 3.8) is 0 Å². The lowest BCUT2D eigenvalue weighted by atomic mass is 10.4. The molecule has 0 bridgehead atoms. The summed E-state index contributed by atoms with van der Waals surface area (Å²) in [5, 5.41) is 0.415. The van der Waals surface area contributed by atoms with E-state index in [1.807, 2.05) is 0 Å². The molecule has 0 fully saturated rings. The molecule has 0 saturated carbocycles. The Morgan fingerprint density at radius 1 is 1.30 bits per heavy atom. The highest BCUT2D eigenvalue weighted by Crippen LogP contribution is 2.22. The number of rotatable bonds is 5. The molecule has 0 aromatic heterocycles. The Balaban J connectivity index is 3.32. The average Bonchev–Trinajstić information content (AvgIpc) is 2.36. The zero-order valence-corrected chi connectivity index (χ0v) is 13.0. The molecule has 20 heavy (non-hydrogen) atoms. The Bertz CT molecular complexity index is 606. The number of halogens is 1. The predicted octanol–water partition coefficient (Wildman–Crippen LogP) is 2.08. The van der Waals surface area contributed by atoms with E-state index >= 15 is 0 Å². The van der Waals surface area contributed by atoms with Crippen LogP contribution >= 0.6 is 11.6 Å². The second-order valence-corrected chi connectivity index (χ2v) is 6.49. The molecule has 0 aliphatic heterocycles. The zero-order valence-electron chi connectivity index (χ0n) is 11.5. The number of hydrogen-bond donors (Lipinski definition) is 0. The second-order valence-electron chi connectivity index (χ2n) is 4.13. The normalized spacial score (nSPS) is 12.1. The van der Waals surface area contributed by atoms with Crippen LogP contribution in [0.3, 0.4) is 0 Å². The van der Waals surface area contributed by atoms with Crippen molar-refractivity contribution in [3.8, 4) is 0 Å². The molecule has 7 heteroatoms. The van der Waals surface area contributed by atoms with Gasteiger partial charge in [0.1, 0.15) is 0 Å². The third kappa shape index (κ3) is 3.98. The van der Waals surface area contributed by atoms with Gasteiger partial charge in [-0.1, -0.05) is 11.6 Å². The summed E-state index contributed by atoms with van der Waals surface area (Å²) in [6.45, 7) is 1.71. The highest BCUT2D eigenvalue weighted by molar-refractivity contribution is 7.96. The number of ether oxygens (including phenoxy) is 1. The summed E-state index contributed by atoms with van der Waals surface area (Å²) in [4.78, 5) is 12.9. The first-order chi connectivity index (χ1) is 9.28. The molecule has 0 saturated heterocycles. The van der Waals surface area contributed by atoms with Crippen LogP contribution in [0.2, 0.25) is 5.02 Å². The summed E-state index contributed by atoms with van der Waals surface area (Å²) >= 11 is 5.73. The van der Waals surface area contributed by atoms with E-state index in [0.717, 1.165) is 0 Å². The molecule has 0 N–H and O–H groups in total. The van der Waals surface area contributed by atoms with Crippen molar-refractivity contribution in [1.29, 1.82) is 0 Å². The topological polar surface area (TPSA) is 63.7 Å². The molecule has 0 aliphatic carbocycles. The van der Waals surface area contributed by atoms with Gasteiger partial charge in [0.15, 0.2) is 4.91 Å². The SMILES string of the molecule is CCOC(=O)/C(=C\N(C)C)S(=O)(=O)c1ccc(Cl)cc1. The van der Waals surface area contributed by atoms with Gasteiger partial charge in [-0.15, -0.1) is 0 Å². The number of benzene rings is 1. The standard InChI is InChI=1S/C13H16ClNO4S/c1-4-19-13(16)12(9-15(2)3)20(17,18)11-7-5-10(14)6-8-11/h5-9H,4H2,1-3H3/b12-9+. The number of sulfone groups is 1. The quantitative estimate of drug-likeness (QED) is 0.614. The molecule has 110 valence electrons. The largest absolute Gasteiger partial charge is 0.462 e. The summed E-state index contributed by atoms with van der Waals surface area (Å²) in [6.07, 6.45) is 1.22. The monoisotopic (exact) mass is 317 g/mol. The third-order valence-electron chi connectivity index (χ3n) is 2.27. The van der Waals surface area contributed by atoms with E-state index in [1.54, 1.807) is 21.0 Å². The van der Waals surface area contributed by atoms with Gasteiger partial charge in [0, 0.05) is 25.3 Å². The Morgan fingerprint density at radius 3 is 2.30 bits per heavy atom. The van der Waals surface area contributed by atoms with Crippen molar-refractivity contribution >= 4 is 27.4 Å². The molecule has 1 aromatic carbocycles. The third-order valence-corrected chi connectivity index (χ3v) is 4.26. The lowest BCUT2D eigenvalue weighted by molar-refractivity contribution is -0.137. The molecular weight excluding hydrogens is 302 g/mol. The van der Waals surface area contributed by atoms with Crippen LogP contribution in [-0.4, -0.2) is 40.0 Å². The number of esters is 1. The molecule has 0 aliphatic rings. The van der Waals surface area contributed by atoms with E-state index in [1.165, 1.54) is 35.4 Å². The van der Waals surface area contributed by atoms with Crippen LogP contribution in [0.15, 0.2) is 40.3 Å². The highest BCUT2D eigenvalue weighted by atomic mass is 35.5. The number of hydrogen-bond acceptors (Lipinski definition) is 5. The van der Waals surface area contributed by atoms with Gasteiger partial charge in [0.05, 0.1) is 11.5 Å². The molecule has 0 atom stereocenters. The Morgan fingerprint density at radius 2 is 1.85 bits per heavy atom. The summed E-state index contributed by atoms with van der Waals surface area (Å²) in [5.74, 6) is -0.879. The first kappa shape index (κ1) is 16.5. The maximum Gasteiger partial charge on any atom is 0.351 e. The van der Waals surface area contributed by atoms with E-state index in [9.17, 15) is 13.2 Å². The Kier molecular flexibility index (Phi) is 5.59. The van der Waals surface area contributed by atoms with Gasteiger partial charge in [-0.05, 0) is 31.2 Å². The van der Waals surface area contributed by atoms with Crippen molar-refractivity contribution in [2.24, 2.45) is 0 Å². The van der Waals surface area contributed by atoms with Gasteiger partial charge < -0.3 is 9.64 Å². The second kappa shape index (κ2) is 6.76. The van der Waals surface area contributed by atoms with E-state index in [-0.39, 0.29) is 11.5 Å². The molecule has 0 spiro atoms. The van der Waals surface area contributed by atoms with Crippen LogP contribution in [0.4, 0.5) is 0 Å². The zero-order chi connectivity index (χ0) is 15.3. The van der Waals surface area contributed by atoms with Crippen LogP contribution in [-0.2, 0) is 19.4 Å². The molecular formula is C13H16ClNO4S. The summed E-state index contributed by atoms with van der Waals surface area (Å²) < 4.78 is 29.7. The first-order valence-electron chi connectivity index (χ1n) is 5.85. The fourth-order valence-corrected chi connectivity index (χ4v) is 2.91. The number of nitrogens with zero attached hydrogens (tertiary/aromatic N) is 1. The molecule has 1 aromatic rings. The van der Waals surface area contributed by atoms with Crippen molar-refractivity contribution in [1.82, 2.24) is 4.90 Å². The Labute approximate surface area is 123 Å². The van der Waals surface area contributed by atoms with Gasteiger partial charge >= 0.3 is 5.97 Å². The van der Waals surface area contributed by atoms with Crippen molar-refractivity contribution < 1.29 is 17.9 Å². The molecule has 0 heterocycles. The van der Waals surface area contributed by atoms with Crippen LogP contribution in [0.5, 0.6) is 0 Å². The smallest absolute Gasteiger partial charge is 0.351 e. The fourth-order valence-electron chi connectivity index (χ4n) is 1.41. The van der Waals surface area contributed by atoms with Gasteiger partial charge in [-0.3, -0.25) is 0 Å². The van der Waals surface area contributed by atoms with Gasteiger partial charge in [0.25, 0.3) is 0 Å². The van der Waals surface area contributed by atoms with E-state index in [0.29, 0.717) is 5.02 Å². The maximum atomic E-state index is 12.5. The minimum atomic E-state index is -3.95. The fraction of sp³-hybridized carbons (Fsp3) is 0.308. The highest BCUT2D eigenvalue weighted by Gasteiger charge is 2.28. The van der Waals surface area contributed by atoms with Crippen LogP contribution in [0.1, 0.15) is 6.92 Å². The van der Waals surface area contributed by atoms with Crippen LogP contribution < -0.4 is 0 Å². The average molecular weight is 318 g/mol. The summed E-state index contributed by atoms with van der Waals surface area (Å²) in [6, 6.07) is 5.60. The maximum absolute atomic E-state index is 12.5. The van der Waals surface area contributed by atoms with Crippen LogP contribution in [0, 0.1) is 0 Å². The molecule has 0 radical (unpaired) electrons. The Hall–Kier alpha value is -1.53. The van der Waals surface area contributed by atoms with E-state index in [4.69, 9.17) is 16.3 Å². The summed E-state index contributed by atoms with van der Waals surface area (Å²) in [5.41, 5.74) is 0. The lowest BCUT2D eigenvalue weighted by Gasteiger charge is -2.12. The van der Waals surface area contributed by atoms with Gasteiger partial charge in [0.2, 0.25) is 9.84 Å². The van der Waals surface area contributed by atoms with Crippen LogP contribution in [0.25, 0.3) is 0 Å². The number of carbonyl (C=O) groups is 1. The van der Waals surface area contributed by atoms with Crippen molar-refractivity contribution in [2.75, 3.05) is 20.7 Å². The lowest BCUT2D eigenvalue weighted by Crippen LogP contribution is -2.19. The van der Waals surface area contributed by atoms with E-state index < -0.39 is 20.7 Å². The minimum absolute atomic E-state index is 0.0111. The van der Waals surface area contributed by atoms with Gasteiger partial charge in [-0.25, -0.2) is 13.2 Å². The molecule has 1 rings (SSSR count). The molecule has 0 unspecified atom stereocenters. The summed E-state index contributed by atoms with van der Waals surface area (Å²) in [7, 11) is -0.705. The molecule has 0 amide bonds. The number of carbonyl (C=O) groups excluding carboxylic acids is 1. The predicted molar refractivity (Wildman–Crippen MR) is 77.0 cm³/mol. The molecule has 5 nitrogen and oxygen atoms in total. The first-order valence-corrected chi connectivity index (χ1v) is 7.71. The minimum Gasteiger partial charge on any atom is -0.462 e.